The quantitative estimate of drug-likeness (QED) is 0.345. The predicted octanol–water partition coefficient (Wildman–Crippen LogP) is 5.29. The van der Waals surface area contributed by atoms with Gasteiger partial charge in [-0.05, 0) is 73.8 Å². The molecule has 5 nitrogen and oxygen atoms in total. The summed E-state index contributed by atoms with van der Waals surface area (Å²) in [5.41, 5.74) is 3.75. The molecule has 0 amide bonds. The Morgan fingerprint density at radius 3 is 2.61 bits per heavy atom. The van der Waals surface area contributed by atoms with E-state index in [0.29, 0.717) is 28.8 Å². The molecule has 0 atom stereocenters. The fraction of sp³-hybridized carbons (Fsp3) is 0.240. The summed E-state index contributed by atoms with van der Waals surface area (Å²) in [6.07, 6.45) is 9.22. The summed E-state index contributed by atoms with van der Waals surface area (Å²) in [6, 6.07) is 13.6. The van der Waals surface area contributed by atoms with Gasteiger partial charge >= 0.3 is 0 Å². The lowest BCUT2D eigenvalue weighted by molar-refractivity contribution is 0.250. The molecule has 0 unspecified atom stereocenters. The molecule has 0 spiro atoms. The maximum absolute atomic E-state index is 13.2. The lowest BCUT2D eigenvalue weighted by Crippen LogP contribution is -2.28. The molecule has 0 radical (unpaired) electrons. The third-order valence-corrected chi connectivity index (χ3v) is 5.84. The minimum Gasteiger partial charge on any atom is -0.461 e. The maximum Gasteiger partial charge on any atom is 0.197 e. The number of aromatic nitrogens is 2. The van der Waals surface area contributed by atoms with E-state index in [0.717, 1.165) is 30.4 Å². The molecule has 6 heteroatoms. The predicted molar refractivity (Wildman–Crippen MR) is 126 cm³/mol. The van der Waals surface area contributed by atoms with Crippen molar-refractivity contribution in [2.45, 2.75) is 32.9 Å². The Balaban J connectivity index is 1.57. The monoisotopic (exact) mass is 477 g/mol. The fourth-order valence-electron chi connectivity index (χ4n) is 3.74. The molecule has 0 aliphatic rings. The van der Waals surface area contributed by atoms with Gasteiger partial charge in [0.1, 0.15) is 11.3 Å². The number of hydrogen-bond donors (Lipinski definition) is 0. The van der Waals surface area contributed by atoms with Crippen LogP contribution in [-0.4, -0.2) is 21.4 Å². The van der Waals surface area contributed by atoms with Crippen LogP contribution in [-0.2, 0) is 19.5 Å². The lowest BCUT2D eigenvalue weighted by Gasteiger charge is -2.23. The van der Waals surface area contributed by atoms with E-state index in [2.05, 4.69) is 36.9 Å². The zero-order valence-electron chi connectivity index (χ0n) is 17.4. The van der Waals surface area contributed by atoms with E-state index in [1.165, 1.54) is 11.1 Å². The number of benzene rings is 1. The van der Waals surface area contributed by atoms with Crippen LogP contribution in [0.1, 0.15) is 28.9 Å². The van der Waals surface area contributed by atoms with Gasteiger partial charge in [-0.2, -0.15) is 0 Å². The van der Waals surface area contributed by atoms with Crippen molar-refractivity contribution in [1.29, 1.82) is 0 Å². The molecule has 4 aromatic rings. The van der Waals surface area contributed by atoms with Crippen LogP contribution in [0.2, 0.25) is 0 Å². The van der Waals surface area contributed by atoms with Crippen molar-refractivity contribution in [3.8, 4) is 0 Å². The maximum atomic E-state index is 13.2. The first-order valence-electron chi connectivity index (χ1n) is 10.3. The molecular weight excluding hydrogens is 454 g/mol. The van der Waals surface area contributed by atoms with E-state index in [9.17, 15) is 4.79 Å². The molecule has 31 heavy (non-hydrogen) atoms. The molecule has 0 N–H and O–H groups in total. The summed E-state index contributed by atoms with van der Waals surface area (Å²) in [5, 5.41) is 0.614. The van der Waals surface area contributed by atoms with Gasteiger partial charge in [0, 0.05) is 42.3 Å². The summed E-state index contributed by atoms with van der Waals surface area (Å²) in [6.45, 7) is 4.01. The Labute approximate surface area is 189 Å². The van der Waals surface area contributed by atoms with Gasteiger partial charge in [-0.1, -0.05) is 22.0 Å². The van der Waals surface area contributed by atoms with Gasteiger partial charge in [-0.3, -0.25) is 19.7 Å². The SMILES string of the molecule is Cc1oc2cc(Br)ccc2c(=O)c1CN(CCCc1cccnc1)Cc1ccncc1. The fourth-order valence-corrected chi connectivity index (χ4v) is 4.08. The van der Waals surface area contributed by atoms with E-state index in [1.54, 1.807) is 18.6 Å². The molecule has 0 aliphatic heterocycles. The van der Waals surface area contributed by atoms with Crippen LogP contribution in [0.3, 0.4) is 0 Å². The standard InChI is InChI=1S/C25H24BrN3O2/c1-18-23(25(30)22-7-6-21(26)14-24(22)31-18)17-29(16-20-8-11-27-12-9-20)13-3-5-19-4-2-10-28-15-19/h2,4,6-12,14-15H,3,5,13,16-17H2,1H3. The first kappa shape index (κ1) is 21.4. The second-order valence-electron chi connectivity index (χ2n) is 7.64. The summed E-state index contributed by atoms with van der Waals surface area (Å²) in [7, 11) is 0. The third-order valence-electron chi connectivity index (χ3n) is 5.35. The molecule has 4 rings (SSSR count). The largest absolute Gasteiger partial charge is 0.461 e. The van der Waals surface area contributed by atoms with Crippen molar-refractivity contribution in [3.05, 3.63) is 104 Å². The van der Waals surface area contributed by atoms with E-state index in [1.807, 2.05) is 49.5 Å². The van der Waals surface area contributed by atoms with Crippen LogP contribution in [0.4, 0.5) is 0 Å². The molecule has 3 heterocycles. The summed E-state index contributed by atoms with van der Waals surface area (Å²) < 4.78 is 6.90. The number of fused-ring (bicyclic) bond motifs is 1. The number of pyridine rings is 2. The molecule has 158 valence electrons. The average molecular weight is 478 g/mol. The molecule has 3 aromatic heterocycles. The zero-order valence-corrected chi connectivity index (χ0v) is 19.0. The Kier molecular flexibility index (Phi) is 6.89. The summed E-state index contributed by atoms with van der Waals surface area (Å²) in [5.74, 6) is 0.669. The number of rotatable bonds is 8. The highest BCUT2D eigenvalue weighted by Crippen LogP contribution is 2.21. The zero-order chi connectivity index (χ0) is 21.6. The second-order valence-corrected chi connectivity index (χ2v) is 8.55. The molecule has 0 aliphatic carbocycles. The van der Waals surface area contributed by atoms with E-state index < -0.39 is 0 Å². The normalized spacial score (nSPS) is 11.3. The van der Waals surface area contributed by atoms with Crippen molar-refractivity contribution in [1.82, 2.24) is 14.9 Å². The summed E-state index contributed by atoms with van der Waals surface area (Å²) >= 11 is 3.45. The lowest BCUT2D eigenvalue weighted by atomic mass is 10.1. The number of hydrogen-bond acceptors (Lipinski definition) is 5. The Morgan fingerprint density at radius 1 is 1.00 bits per heavy atom. The van der Waals surface area contributed by atoms with Gasteiger partial charge in [0.15, 0.2) is 5.43 Å². The van der Waals surface area contributed by atoms with Gasteiger partial charge in [0.05, 0.1) is 10.9 Å². The van der Waals surface area contributed by atoms with Crippen LogP contribution in [0.25, 0.3) is 11.0 Å². The van der Waals surface area contributed by atoms with Crippen LogP contribution >= 0.6 is 15.9 Å². The van der Waals surface area contributed by atoms with Gasteiger partial charge < -0.3 is 4.42 Å². The van der Waals surface area contributed by atoms with Crippen LogP contribution < -0.4 is 5.43 Å². The van der Waals surface area contributed by atoms with Crippen LogP contribution in [0.5, 0.6) is 0 Å². The molecular formula is C25H24BrN3O2. The molecule has 0 saturated carbocycles. The highest BCUT2D eigenvalue weighted by atomic mass is 79.9. The van der Waals surface area contributed by atoms with Gasteiger partial charge in [-0.15, -0.1) is 0 Å². The highest BCUT2D eigenvalue weighted by Gasteiger charge is 2.16. The minimum absolute atomic E-state index is 0.0400. The first-order chi connectivity index (χ1) is 15.1. The number of halogens is 1. The third kappa shape index (κ3) is 5.46. The Morgan fingerprint density at radius 2 is 1.84 bits per heavy atom. The van der Waals surface area contributed by atoms with Gasteiger partial charge in [-0.25, -0.2) is 0 Å². The van der Waals surface area contributed by atoms with Crippen LogP contribution in [0.15, 0.2) is 80.9 Å². The number of aryl methyl sites for hydroxylation is 2. The average Bonchev–Trinajstić information content (AvgIpc) is 2.77. The van der Waals surface area contributed by atoms with Crippen molar-refractivity contribution in [2.75, 3.05) is 6.54 Å². The molecule has 0 bridgehead atoms. The minimum atomic E-state index is 0.0400. The smallest absolute Gasteiger partial charge is 0.197 e. The van der Waals surface area contributed by atoms with Crippen molar-refractivity contribution < 1.29 is 4.42 Å². The Bertz CT molecular complexity index is 1210. The molecule has 0 saturated heterocycles. The van der Waals surface area contributed by atoms with Gasteiger partial charge in [0.25, 0.3) is 0 Å². The topological polar surface area (TPSA) is 59.2 Å². The van der Waals surface area contributed by atoms with E-state index in [4.69, 9.17) is 4.42 Å². The second kappa shape index (κ2) is 9.98. The molecule has 0 fully saturated rings. The van der Waals surface area contributed by atoms with E-state index >= 15 is 0 Å². The van der Waals surface area contributed by atoms with Crippen molar-refractivity contribution >= 4 is 26.9 Å². The molecule has 1 aromatic carbocycles. The van der Waals surface area contributed by atoms with E-state index in [-0.39, 0.29) is 5.43 Å². The first-order valence-corrected chi connectivity index (χ1v) is 11.1. The van der Waals surface area contributed by atoms with Crippen molar-refractivity contribution in [3.63, 3.8) is 0 Å². The van der Waals surface area contributed by atoms with Crippen LogP contribution in [0, 0.1) is 6.92 Å². The Hall–Kier alpha value is -2.83. The highest BCUT2D eigenvalue weighted by molar-refractivity contribution is 9.10. The van der Waals surface area contributed by atoms with Crippen molar-refractivity contribution in [2.24, 2.45) is 0 Å². The number of nitrogens with zero attached hydrogens (tertiary/aromatic N) is 3. The summed E-state index contributed by atoms with van der Waals surface area (Å²) in [4.78, 5) is 23.8. The van der Waals surface area contributed by atoms with Gasteiger partial charge in [0.2, 0.25) is 0 Å².